The second kappa shape index (κ2) is 8.42. The van der Waals surface area contributed by atoms with Crippen molar-refractivity contribution in [3.63, 3.8) is 0 Å². The van der Waals surface area contributed by atoms with Gasteiger partial charge < -0.3 is 4.74 Å². The zero-order chi connectivity index (χ0) is 20.1. The Hall–Kier alpha value is -2.89. The highest BCUT2D eigenvalue weighted by molar-refractivity contribution is 7.89. The summed E-state index contributed by atoms with van der Waals surface area (Å²) in [6.07, 6.45) is 3.25. The molecule has 3 rings (SSSR count). The average molecular weight is 405 g/mol. The monoisotopic (exact) mass is 405 g/mol. The highest BCUT2D eigenvalue weighted by Crippen LogP contribution is 2.29. The topological polar surface area (TPSA) is 127 Å². The quantitative estimate of drug-likeness (QED) is 0.441. The first-order valence-corrected chi connectivity index (χ1v) is 9.90. The van der Waals surface area contributed by atoms with Crippen molar-refractivity contribution in [2.75, 3.05) is 31.7 Å². The minimum Gasteiger partial charge on any atom is -0.379 e. The molecule has 28 heavy (non-hydrogen) atoms. The Morgan fingerprint density at radius 1 is 1.32 bits per heavy atom. The van der Waals surface area contributed by atoms with Crippen LogP contribution in [0.1, 0.15) is 12.5 Å². The predicted octanol–water partition coefficient (Wildman–Crippen LogP) is 1.85. The number of pyridine rings is 1. The van der Waals surface area contributed by atoms with Gasteiger partial charge in [0.05, 0.1) is 28.7 Å². The van der Waals surface area contributed by atoms with E-state index in [2.05, 4.69) is 15.5 Å². The molecule has 1 saturated heterocycles. The fourth-order valence-corrected chi connectivity index (χ4v) is 4.07. The molecule has 0 radical (unpaired) electrons. The zero-order valence-electron chi connectivity index (χ0n) is 15.1. The molecule has 0 aliphatic carbocycles. The standard InChI is InChI=1S/C17H19N5O5S/c1-13(14-3-2-6-18-12-14)19-20-16-5-4-15(11-17(16)22(23)24)28(25,26)21-7-9-27-10-8-21/h2-6,11-12,20H,7-10H2,1H3/b19-13-. The Kier molecular flexibility index (Phi) is 5.97. The smallest absolute Gasteiger partial charge is 0.295 e. The molecule has 148 valence electrons. The average Bonchev–Trinajstić information content (AvgIpc) is 2.73. The maximum Gasteiger partial charge on any atom is 0.295 e. The number of benzene rings is 1. The Balaban J connectivity index is 1.88. The summed E-state index contributed by atoms with van der Waals surface area (Å²) in [6, 6.07) is 7.27. The van der Waals surface area contributed by atoms with Crippen LogP contribution in [-0.4, -0.2) is 54.6 Å². The zero-order valence-corrected chi connectivity index (χ0v) is 15.9. The molecule has 11 heteroatoms. The van der Waals surface area contributed by atoms with E-state index in [4.69, 9.17) is 4.74 Å². The lowest BCUT2D eigenvalue weighted by atomic mass is 10.2. The van der Waals surface area contributed by atoms with Gasteiger partial charge in [-0.25, -0.2) is 8.42 Å². The van der Waals surface area contributed by atoms with Gasteiger partial charge in [0, 0.05) is 37.1 Å². The number of nitro groups is 1. The van der Waals surface area contributed by atoms with Crippen LogP contribution in [0.5, 0.6) is 0 Å². The third kappa shape index (κ3) is 4.32. The van der Waals surface area contributed by atoms with Crippen LogP contribution in [0.4, 0.5) is 11.4 Å². The molecule has 2 heterocycles. The van der Waals surface area contributed by atoms with Gasteiger partial charge in [0.25, 0.3) is 5.69 Å². The van der Waals surface area contributed by atoms with E-state index in [9.17, 15) is 18.5 Å². The van der Waals surface area contributed by atoms with Crippen LogP contribution in [0.3, 0.4) is 0 Å². The van der Waals surface area contributed by atoms with Crippen LogP contribution in [0.15, 0.2) is 52.7 Å². The predicted molar refractivity (Wildman–Crippen MR) is 103 cm³/mol. The number of rotatable bonds is 6. The van der Waals surface area contributed by atoms with Crippen LogP contribution in [0, 0.1) is 10.1 Å². The first-order valence-electron chi connectivity index (χ1n) is 8.46. The highest BCUT2D eigenvalue weighted by Gasteiger charge is 2.28. The number of ether oxygens (including phenoxy) is 1. The summed E-state index contributed by atoms with van der Waals surface area (Å²) < 4.78 is 31.9. The molecule has 1 aromatic heterocycles. The Morgan fingerprint density at radius 3 is 2.71 bits per heavy atom. The lowest BCUT2D eigenvalue weighted by Gasteiger charge is -2.26. The molecule has 0 unspecified atom stereocenters. The van der Waals surface area contributed by atoms with E-state index in [1.54, 1.807) is 31.5 Å². The van der Waals surface area contributed by atoms with Crippen molar-refractivity contribution in [2.24, 2.45) is 5.10 Å². The summed E-state index contributed by atoms with van der Waals surface area (Å²) in [6.45, 7) is 2.75. The second-order valence-corrected chi connectivity index (χ2v) is 7.94. The molecule has 1 N–H and O–H groups in total. The van der Waals surface area contributed by atoms with Crippen LogP contribution in [-0.2, 0) is 14.8 Å². The molecule has 1 fully saturated rings. The van der Waals surface area contributed by atoms with Gasteiger partial charge >= 0.3 is 0 Å². The third-order valence-electron chi connectivity index (χ3n) is 4.20. The van der Waals surface area contributed by atoms with Gasteiger partial charge in [-0.15, -0.1) is 0 Å². The number of nitrogens with one attached hydrogen (secondary N) is 1. The van der Waals surface area contributed by atoms with Gasteiger partial charge in [-0.3, -0.25) is 20.5 Å². The second-order valence-electron chi connectivity index (χ2n) is 6.00. The van der Waals surface area contributed by atoms with Crippen LogP contribution < -0.4 is 5.43 Å². The minimum absolute atomic E-state index is 0.0918. The van der Waals surface area contributed by atoms with Crippen molar-refractivity contribution in [1.29, 1.82) is 0 Å². The number of nitrogens with zero attached hydrogens (tertiary/aromatic N) is 4. The lowest BCUT2D eigenvalue weighted by Crippen LogP contribution is -2.40. The number of hydrogen-bond acceptors (Lipinski definition) is 8. The summed E-state index contributed by atoms with van der Waals surface area (Å²) in [4.78, 5) is 14.7. The van der Waals surface area contributed by atoms with Gasteiger partial charge in [0.15, 0.2) is 0 Å². The maximum atomic E-state index is 12.7. The van der Waals surface area contributed by atoms with Gasteiger partial charge in [-0.2, -0.15) is 9.41 Å². The fraction of sp³-hybridized carbons (Fsp3) is 0.294. The number of morpholine rings is 1. The molecular formula is C17H19N5O5S. The number of hydrogen-bond donors (Lipinski definition) is 1. The number of nitro benzene ring substituents is 1. The lowest BCUT2D eigenvalue weighted by molar-refractivity contribution is -0.384. The molecule has 0 amide bonds. The third-order valence-corrected chi connectivity index (χ3v) is 6.09. The molecule has 0 spiro atoms. The van der Waals surface area contributed by atoms with Crippen molar-refractivity contribution in [3.8, 4) is 0 Å². The van der Waals surface area contributed by atoms with Gasteiger partial charge in [-0.05, 0) is 25.1 Å². The summed E-state index contributed by atoms with van der Waals surface area (Å²) >= 11 is 0. The number of hydrazone groups is 1. The van der Waals surface area contributed by atoms with Crippen molar-refractivity contribution in [1.82, 2.24) is 9.29 Å². The van der Waals surface area contributed by atoms with Crippen molar-refractivity contribution in [3.05, 3.63) is 58.4 Å². The fourth-order valence-electron chi connectivity index (χ4n) is 2.64. The van der Waals surface area contributed by atoms with Crippen LogP contribution in [0.25, 0.3) is 0 Å². The summed E-state index contributed by atoms with van der Waals surface area (Å²) in [7, 11) is -3.83. The molecule has 1 aliphatic rings. The van der Waals surface area contributed by atoms with E-state index in [0.29, 0.717) is 18.9 Å². The Bertz CT molecular complexity index is 988. The largest absolute Gasteiger partial charge is 0.379 e. The minimum atomic E-state index is -3.83. The van der Waals surface area contributed by atoms with E-state index < -0.39 is 14.9 Å². The molecular weight excluding hydrogens is 386 g/mol. The first kappa shape index (κ1) is 19.9. The SMILES string of the molecule is C/C(=N/Nc1ccc(S(=O)(=O)N2CCOCC2)cc1[N+](=O)[O-])c1cccnc1. The molecule has 10 nitrogen and oxygen atoms in total. The van der Waals surface area contributed by atoms with Gasteiger partial charge in [0.1, 0.15) is 5.69 Å². The maximum absolute atomic E-state index is 12.7. The summed E-state index contributed by atoms with van der Waals surface area (Å²) in [5.74, 6) is 0. The Labute approximate surface area is 162 Å². The van der Waals surface area contributed by atoms with E-state index in [1.165, 1.54) is 16.4 Å². The highest BCUT2D eigenvalue weighted by atomic mass is 32.2. The van der Waals surface area contributed by atoms with E-state index in [0.717, 1.165) is 11.6 Å². The first-order chi connectivity index (χ1) is 13.4. The van der Waals surface area contributed by atoms with Crippen molar-refractivity contribution < 1.29 is 18.1 Å². The Morgan fingerprint density at radius 2 is 2.07 bits per heavy atom. The van der Waals surface area contributed by atoms with E-state index >= 15 is 0 Å². The summed E-state index contributed by atoms with van der Waals surface area (Å²) in [5, 5.41) is 15.6. The number of anilines is 1. The molecule has 1 aromatic carbocycles. The molecule has 1 aliphatic heterocycles. The molecule has 0 bridgehead atoms. The van der Waals surface area contributed by atoms with Crippen LogP contribution >= 0.6 is 0 Å². The molecule has 0 atom stereocenters. The van der Waals surface area contributed by atoms with E-state index in [-0.39, 0.29) is 29.4 Å². The van der Waals surface area contributed by atoms with E-state index in [1.807, 2.05) is 0 Å². The number of aromatic nitrogens is 1. The van der Waals surface area contributed by atoms with Crippen molar-refractivity contribution >= 4 is 27.1 Å². The summed E-state index contributed by atoms with van der Waals surface area (Å²) in [5.41, 5.74) is 3.69. The molecule has 2 aromatic rings. The normalized spacial score (nSPS) is 16.0. The van der Waals surface area contributed by atoms with Gasteiger partial charge in [0.2, 0.25) is 10.0 Å². The van der Waals surface area contributed by atoms with Gasteiger partial charge in [-0.1, -0.05) is 6.07 Å². The molecule has 0 saturated carbocycles. The van der Waals surface area contributed by atoms with Crippen LogP contribution in [0.2, 0.25) is 0 Å². The number of sulfonamides is 1. The van der Waals surface area contributed by atoms with Crippen molar-refractivity contribution in [2.45, 2.75) is 11.8 Å².